The Morgan fingerprint density at radius 1 is 1.47 bits per heavy atom. The standard InChI is InChI=1S/C12H18BrNO3S2/c1-9-6-10(4-5-11(9)13)19(16,17)14-7-12(2,15)8-18-3/h4-6,14-15H,7-8H2,1-3H3. The molecule has 2 N–H and O–H groups in total. The van der Waals surface area contributed by atoms with E-state index in [-0.39, 0.29) is 11.4 Å². The van der Waals surface area contributed by atoms with Crippen LogP contribution in [-0.2, 0) is 10.0 Å². The Labute approximate surface area is 127 Å². The van der Waals surface area contributed by atoms with E-state index < -0.39 is 15.6 Å². The lowest BCUT2D eigenvalue weighted by molar-refractivity contribution is 0.0908. The van der Waals surface area contributed by atoms with Gasteiger partial charge in [0.05, 0.1) is 10.5 Å². The van der Waals surface area contributed by atoms with E-state index in [0.717, 1.165) is 10.0 Å². The van der Waals surface area contributed by atoms with Crippen molar-refractivity contribution < 1.29 is 13.5 Å². The summed E-state index contributed by atoms with van der Waals surface area (Å²) in [4.78, 5) is 0.202. The third kappa shape index (κ3) is 5.07. The van der Waals surface area contributed by atoms with E-state index in [4.69, 9.17) is 0 Å². The number of hydrogen-bond acceptors (Lipinski definition) is 4. The molecule has 0 spiro atoms. The van der Waals surface area contributed by atoms with Crippen LogP contribution in [0.5, 0.6) is 0 Å². The highest BCUT2D eigenvalue weighted by Crippen LogP contribution is 2.20. The van der Waals surface area contributed by atoms with Crippen molar-refractivity contribution in [1.29, 1.82) is 0 Å². The number of aliphatic hydroxyl groups is 1. The first kappa shape index (κ1) is 17.0. The molecule has 0 heterocycles. The molecule has 1 unspecified atom stereocenters. The second-order valence-electron chi connectivity index (χ2n) is 4.67. The highest BCUT2D eigenvalue weighted by molar-refractivity contribution is 9.10. The molecule has 0 fully saturated rings. The van der Waals surface area contributed by atoms with Crippen LogP contribution in [0, 0.1) is 6.92 Å². The Balaban J connectivity index is 2.84. The number of aryl methyl sites for hydroxylation is 1. The summed E-state index contributed by atoms with van der Waals surface area (Å²) in [7, 11) is -3.59. The lowest BCUT2D eigenvalue weighted by Gasteiger charge is -2.22. The number of sulfonamides is 1. The van der Waals surface area contributed by atoms with Crippen LogP contribution in [0.4, 0.5) is 0 Å². The zero-order valence-electron chi connectivity index (χ0n) is 11.1. The van der Waals surface area contributed by atoms with Gasteiger partial charge in [0.15, 0.2) is 0 Å². The minimum Gasteiger partial charge on any atom is -0.388 e. The molecule has 0 aliphatic carbocycles. The summed E-state index contributed by atoms with van der Waals surface area (Å²) in [6.07, 6.45) is 1.86. The fourth-order valence-corrected chi connectivity index (χ4v) is 3.70. The van der Waals surface area contributed by atoms with Crippen LogP contribution in [0.2, 0.25) is 0 Å². The summed E-state index contributed by atoms with van der Waals surface area (Å²) in [6, 6.07) is 4.82. The minimum absolute atomic E-state index is 0.00865. The first-order valence-electron chi connectivity index (χ1n) is 5.65. The largest absolute Gasteiger partial charge is 0.388 e. The summed E-state index contributed by atoms with van der Waals surface area (Å²) in [5.41, 5.74) is -0.213. The van der Waals surface area contributed by atoms with Gasteiger partial charge >= 0.3 is 0 Å². The van der Waals surface area contributed by atoms with Crippen molar-refractivity contribution in [2.24, 2.45) is 0 Å². The number of benzene rings is 1. The monoisotopic (exact) mass is 367 g/mol. The van der Waals surface area contributed by atoms with Crippen LogP contribution in [0.3, 0.4) is 0 Å². The van der Waals surface area contributed by atoms with E-state index >= 15 is 0 Å². The smallest absolute Gasteiger partial charge is 0.240 e. The van der Waals surface area contributed by atoms with Gasteiger partial charge in [-0.25, -0.2) is 13.1 Å². The number of halogens is 1. The fraction of sp³-hybridized carbons (Fsp3) is 0.500. The number of rotatable bonds is 6. The molecule has 1 aromatic rings. The summed E-state index contributed by atoms with van der Waals surface area (Å²) in [6.45, 7) is 3.43. The molecule has 0 aliphatic heterocycles. The van der Waals surface area contributed by atoms with Crippen molar-refractivity contribution in [3.63, 3.8) is 0 Å². The lowest BCUT2D eigenvalue weighted by atomic mass is 10.1. The molecule has 0 saturated carbocycles. The topological polar surface area (TPSA) is 66.4 Å². The molecule has 0 bridgehead atoms. The molecule has 0 aliphatic rings. The minimum atomic E-state index is -3.59. The normalized spacial score (nSPS) is 15.2. The third-order valence-electron chi connectivity index (χ3n) is 2.54. The van der Waals surface area contributed by atoms with Gasteiger partial charge in [0.25, 0.3) is 0 Å². The summed E-state index contributed by atoms with van der Waals surface area (Å²) in [5.74, 6) is 0.467. The molecule has 108 valence electrons. The van der Waals surface area contributed by atoms with Gasteiger partial charge in [-0.05, 0) is 43.9 Å². The van der Waals surface area contributed by atoms with Crippen molar-refractivity contribution >= 4 is 37.7 Å². The number of nitrogens with one attached hydrogen (secondary N) is 1. The van der Waals surface area contributed by atoms with Crippen LogP contribution < -0.4 is 4.72 Å². The van der Waals surface area contributed by atoms with Gasteiger partial charge in [-0.1, -0.05) is 15.9 Å². The van der Waals surface area contributed by atoms with E-state index in [0.29, 0.717) is 5.75 Å². The van der Waals surface area contributed by atoms with Crippen LogP contribution in [-0.4, -0.2) is 37.7 Å². The van der Waals surface area contributed by atoms with E-state index in [1.807, 2.05) is 13.2 Å². The van der Waals surface area contributed by atoms with Gasteiger partial charge in [-0.3, -0.25) is 0 Å². The molecule has 1 rings (SSSR count). The molecule has 4 nitrogen and oxygen atoms in total. The van der Waals surface area contributed by atoms with Gasteiger partial charge in [0, 0.05) is 16.8 Å². The Morgan fingerprint density at radius 2 is 2.11 bits per heavy atom. The van der Waals surface area contributed by atoms with Crippen molar-refractivity contribution in [2.45, 2.75) is 24.3 Å². The molecule has 1 aromatic carbocycles. The Hall–Kier alpha value is -0.0800. The Bertz CT molecular complexity index is 544. The quantitative estimate of drug-likeness (QED) is 0.808. The van der Waals surface area contributed by atoms with Gasteiger partial charge in [-0.2, -0.15) is 11.8 Å². The van der Waals surface area contributed by atoms with E-state index in [1.54, 1.807) is 19.1 Å². The van der Waals surface area contributed by atoms with Crippen molar-refractivity contribution in [1.82, 2.24) is 4.72 Å². The molecule has 0 aromatic heterocycles. The highest BCUT2D eigenvalue weighted by Gasteiger charge is 2.23. The number of thioether (sulfide) groups is 1. The lowest BCUT2D eigenvalue weighted by Crippen LogP contribution is -2.42. The van der Waals surface area contributed by atoms with Crippen LogP contribution in [0.15, 0.2) is 27.6 Å². The van der Waals surface area contributed by atoms with Gasteiger partial charge in [0.1, 0.15) is 0 Å². The fourth-order valence-electron chi connectivity index (χ4n) is 1.48. The predicted octanol–water partition coefficient (Wildman–Crippen LogP) is 2.15. The molecular weight excluding hydrogens is 350 g/mol. The summed E-state index contributed by atoms with van der Waals surface area (Å²) >= 11 is 4.80. The number of hydrogen-bond donors (Lipinski definition) is 2. The Kier molecular flexibility index (Phi) is 5.88. The van der Waals surface area contributed by atoms with Crippen molar-refractivity contribution in [3.8, 4) is 0 Å². The van der Waals surface area contributed by atoms with Crippen LogP contribution in [0.25, 0.3) is 0 Å². The van der Waals surface area contributed by atoms with Crippen LogP contribution >= 0.6 is 27.7 Å². The summed E-state index contributed by atoms with van der Waals surface area (Å²) < 4.78 is 27.5. The first-order chi connectivity index (χ1) is 8.68. The molecule has 0 radical (unpaired) electrons. The average Bonchev–Trinajstić information content (AvgIpc) is 2.30. The molecular formula is C12H18BrNO3S2. The Morgan fingerprint density at radius 3 is 2.63 bits per heavy atom. The van der Waals surface area contributed by atoms with Gasteiger partial charge in [-0.15, -0.1) is 0 Å². The van der Waals surface area contributed by atoms with Crippen molar-refractivity contribution in [2.75, 3.05) is 18.6 Å². The third-order valence-corrected chi connectivity index (χ3v) is 5.74. The molecule has 1 atom stereocenters. The van der Waals surface area contributed by atoms with E-state index in [1.165, 1.54) is 17.8 Å². The molecule has 0 amide bonds. The first-order valence-corrected chi connectivity index (χ1v) is 9.32. The zero-order valence-corrected chi connectivity index (χ0v) is 14.3. The van der Waals surface area contributed by atoms with Gasteiger partial charge in [0.2, 0.25) is 10.0 Å². The molecule has 7 heteroatoms. The summed E-state index contributed by atoms with van der Waals surface area (Å²) in [5, 5.41) is 9.97. The maximum absolute atomic E-state index is 12.1. The predicted molar refractivity (Wildman–Crippen MR) is 83.1 cm³/mol. The van der Waals surface area contributed by atoms with Gasteiger partial charge < -0.3 is 5.11 Å². The second-order valence-corrected chi connectivity index (χ2v) is 8.15. The second kappa shape index (κ2) is 6.58. The van der Waals surface area contributed by atoms with Crippen LogP contribution in [0.1, 0.15) is 12.5 Å². The average molecular weight is 368 g/mol. The maximum atomic E-state index is 12.1. The zero-order chi connectivity index (χ0) is 14.7. The molecule has 19 heavy (non-hydrogen) atoms. The highest BCUT2D eigenvalue weighted by atomic mass is 79.9. The molecule has 0 saturated heterocycles. The SMILES string of the molecule is CSCC(C)(O)CNS(=O)(=O)c1ccc(Br)c(C)c1. The van der Waals surface area contributed by atoms with Crippen molar-refractivity contribution in [3.05, 3.63) is 28.2 Å². The van der Waals surface area contributed by atoms with E-state index in [2.05, 4.69) is 20.7 Å². The van der Waals surface area contributed by atoms with E-state index in [9.17, 15) is 13.5 Å². The maximum Gasteiger partial charge on any atom is 0.240 e.